The second kappa shape index (κ2) is 5.88. The fourth-order valence-corrected chi connectivity index (χ4v) is 1.91. The van der Waals surface area contributed by atoms with E-state index < -0.39 is 0 Å². The molecule has 1 aromatic rings. The van der Waals surface area contributed by atoms with Crippen LogP contribution in [-0.2, 0) is 0 Å². The molecule has 0 aliphatic rings. The minimum Gasteiger partial charge on any atom is -0.493 e. The molecule has 15 heavy (non-hydrogen) atoms. The SMILES string of the molecule is COc1cc(SC)c(C)cc1OCCN. The monoisotopic (exact) mass is 227 g/mol. The van der Waals surface area contributed by atoms with Crippen LogP contribution in [0, 0.1) is 6.92 Å². The van der Waals surface area contributed by atoms with Gasteiger partial charge in [-0.05, 0) is 30.9 Å². The van der Waals surface area contributed by atoms with E-state index in [2.05, 4.69) is 6.92 Å². The van der Waals surface area contributed by atoms with Crippen LogP contribution in [0.5, 0.6) is 11.5 Å². The van der Waals surface area contributed by atoms with Gasteiger partial charge in [-0.1, -0.05) is 0 Å². The van der Waals surface area contributed by atoms with Gasteiger partial charge in [0.25, 0.3) is 0 Å². The maximum Gasteiger partial charge on any atom is 0.161 e. The summed E-state index contributed by atoms with van der Waals surface area (Å²) in [6.07, 6.45) is 2.04. The third kappa shape index (κ3) is 3.04. The molecular formula is C11H17NO2S. The summed E-state index contributed by atoms with van der Waals surface area (Å²) in [6.45, 7) is 3.07. The number of hydrogen-bond donors (Lipinski definition) is 1. The van der Waals surface area contributed by atoms with Crippen LogP contribution in [0.3, 0.4) is 0 Å². The predicted molar refractivity (Wildman–Crippen MR) is 64.1 cm³/mol. The molecule has 1 rings (SSSR count). The lowest BCUT2D eigenvalue weighted by molar-refractivity contribution is 0.301. The van der Waals surface area contributed by atoms with Crippen molar-refractivity contribution in [2.75, 3.05) is 26.5 Å². The molecule has 4 heteroatoms. The van der Waals surface area contributed by atoms with Crippen LogP contribution in [-0.4, -0.2) is 26.5 Å². The third-order valence-corrected chi connectivity index (χ3v) is 2.94. The molecule has 3 nitrogen and oxygen atoms in total. The Hall–Kier alpha value is -0.870. The number of ether oxygens (including phenoxy) is 2. The van der Waals surface area contributed by atoms with Crippen LogP contribution in [0.1, 0.15) is 5.56 Å². The zero-order valence-electron chi connectivity index (χ0n) is 9.37. The van der Waals surface area contributed by atoms with Gasteiger partial charge in [-0.15, -0.1) is 11.8 Å². The Morgan fingerprint density at radius 1 is 1.33 bits per heavy atom. The molecule has 0 atom stereocenters. The van der Waals surface area contributed by atoms with Crippen molar-refractivity contribution in [3.8, 4) is 11.5 Å². The first-order valence-electron chi connectivity index (χ1n) is 4.78. The zero-order valence-corrected chi connectivity index (χ0v) is 10.2. The van der Waals surface area contributed by atoms with Crippen molar-refractivity contribution in [3.05, 3.63) is 17.7 Å². The van der Waals surface area contributed by atoms with E-state index in [1.165, 1.54) is 10.5 Å². The Kier molecular flexibility index (Phi) is 4.78. The second-order valence-electron chi connectivity index (χ2n) is 3.11. The molecular weight excluding hydrogens is 210 g/mol. The van der Waals surface area contributed by atoms with Gasteiger partial charge in [-0.25, -0.2) is 0 Å². The van der Waals surface area contributed by atoms with Crippen molar-refractivity contribution in [1.82, 2.24) is 0 Å². The fourth-order valence-electron chi connectivity index (χ4n) is 1.30. The Balaban J connectivity index is 2.98. The van der Waals surface area contributed by atoms with E-state index in [1.807, 2.05) is 18.4 Å². The highest BCUT2D eigenvalue weighted by Crippen LogP contribution is 2.34. The van der Waals surface area contributed by atoms with E-state index >= 15 is 0 Å². The number of aryl methyl sites for hydroxylation is 1. The largest absolute Gasteiger partial charge is 0.493 e. The van der Waals surface area contributed by atoms with E-state index in [-0.39, 0.29) is 0 Å². The van der Waals surface area contributed by atoms with E-state index in [0.29, 0.717) is 13.2 Å². The topological polar surface area (TPSA) is 44.5 Å². The molecule has 2 N–H and O–H groups in total. The molecule has 0 bridgehead atoms. The highest BCUT2D eigenvalue weighted by molar-refractivity contribution is 7.98. The average Bonchev–Trinajstić information content (AvgIpc) is 2.26. The predicted octanol–water partition coefficient (Wildman–Crippen LogP) is 2.06. The zero-order chi connectivity index (χ0) is 11.3. The molecule has 84 valence electrons. The molecule has 0 unspecified atom stereocenters. The van der Waals surface area contributed by atoms with Gasteiger partial charge in [-0.2, -0.15) is 0 Å². The lowest BCUT2D eigenvalue weighted by atomic mass is 10.2. The number of benzene rings is 1. The molecule has 0 aliphatic carbocycles. The number of thioether (sulfide) groups is 1. The van der Waals surface area contributed by atoms with Crippen molar-refractivity contribution < 1.29 is 9.47 Å². The Bertz CT molecular complexity index is 329. The highest BCUT2D eigenvalue weighted by atomic mass is 32.2. The van der Waals surface area contributed by atoms with Gasteiger partial charge >= 0.3 is 0 Å². The maximum atomic E-state index is 5.50. The summed E-state index contributed by atoms with van der Waals surface area (Å²) in [7, 11) is 1.64. The summed E-state index contributed by atoms with van der Waals surface area (Å²) in [4.78, 5) is 1.20. The van der Waals surface area contributed by atoms with Crippen molar-refractivity contribution in [2.45, 2.75) is 11.8 Å². The minimum absolute atomic E-state index is 0.506. The van der Waals surface area contributed by atoms with Crippen LogP contribution in [0.4, 0.5) is 0 Å². The van der Waals surface area contributed by atoms with Crippen LogP contribution in [0.25, 0.3) is 0 Å². The van der Waals surface area contributed by atoms with Crippen LogP contribution < -0.4 is 15.2 Å². The van der Waals surface area contributed by atoms with Gasteiger partial charge in [0.2, 0.25) is 0 Å². The molecule has 0 spiro atoms. The standard InChI is InChI=1S/C11H17NO2S/c1-8-6-10(14-5-4-12)9(13-2)7-11(8)15-3/h6-7H,4-5,12H2,1-3H3. The quantitative estimate of drug-likeness (QED) is 0.782. The van der Waals surface area contributed by atoms with Crippen molar-refractivity contribution in [2.24, 2.45) is 5.73 Å². The van der Waals surface area contributed by atoms with Crippen molar-refractivity contribution in [3.63, 3.8) is 0 Å². The molecule has 0 saturated heterocycles. The van der Waals surface area contributed by atoms with Gasteiger partial charge in [0.15, 0.2) is 11.5 Å². The lowest BCUT2D eigenvalue weighted by Crippen LogP contribution is -2.11. The minimum atomic E-state index is 0.506. The van der Waals surface area contributed by atoms with Crippen molar-refractivity contribution in [1.29, 1.82) is 0 Å². The van der Waals surface area contributed by atoms with Crippen LogP contribution in [0.15, 0.2) is 17.0 Å². The van der Waals surface area contributed by atoms with Gasteiger partial charge in [0, 0.05) is 11.4 Å². The van der Waals surface area contributed by atoms with Gasteiger partial charge in [0.1, 0.15) is 6.61 Å². The highest BCUT2D eigenvalue weighted by Gasteiger charge is 2.08. The van der Waals surface area contributed by atoms with Crippen molar-refractivity contribution >= 4 is 11.8 Å². The first-order valence-corrected chi connectivity index (χ1v) is 6.01. The lowest BCUT2D eigenvalue weighted by Gasteiger charge is -2.13. The number of hydrogen-bond acceptors (Lipinski definition) is 4. The normalized spacial score (nSPS) is 10.1. The van der Waals surface area contributed by atoms with Gasteiger partial charge in [0.05, 0.1) is 7.11 Å². The van der Waals surface area contributed by atoms with Crippen LogP contribution >= 0.6 is 11.8 Å². The van der Waals surface area contributed by atoms with E-state index in [0.717, 1.165) is 11.5 Å². The summed E-state index contributed by atoms with van der Waals surface area (Å²) in [5, 5.41) is 0. The Morgan fingerprint density at radius 3 is 2.60 bits per heavy atom. The Labute approximate surface area is 94.9 Å². The summed E-state index contributed by atoms with van der Waals surface area (Å²) >= 11 is 1.70. The fraction of sp³-hybridized carbons (Fsp3) is 0.455. The average molecular weight is 227 g/mol. The molecule has 0 fully saturated rings. The van der Waals surface area contributed by atoms with Gasteiger partial charge < -0.3 is 15.2 Å². The van der Waals surface area contributed by atoms with Gasteiger partial charge in [-0.3, -0.25) is 0 Å². The first-order chi connectivity index (χ1) is 7.22. The molecule has 0 aromatic heterocycles. The molecule has 0 radical (unpaired) electrons. The molecule has 0 aliphatic heterocycles. The summed E-state index contributed by atoms with van der Waals surface area (Å²) < 4.78 is 10.8. The molecule has 1 aromatic carbocycles. The summed E-state index contributed by atoms with van der Waals surface area (Å²) in [5.74, 6) is 1.52. The van der Waals surface area contributed by atoms with E-state index in [1.54, 1.807) is 18.9 Å². The van der Waals surface area contributed by atoms with E-state index in [9.17, 15) is 0 Å². The molecule has 0 amide bonds. The first kappa shape index (κ1) is 12.2. The third-order valence-electron chi connectivity index (χ3n) is 2.06. The smallest absolute Gasteiger partial charge is 0.161 e. The van der Waals surface area contributed by atoms with Crippen LogP contribution in [0.2, 0.25) is 0 Å². The number of methoxy groups -OCH3 is 1. The maximum absolute atomic E-state index is 5.50. The van der Waals surface area contributed by atoms with E-state index in [4.69, 9.17) is 15.2 Å². The number of nitrogens with two attached hydrogens (primary N) is 1. The molecule has 0 saturated carbocycles. The number of rotatable bonds is 5. The Morgan fingerprint density at radius 2 is 2.07 bits per heavy atom. The summed E-state index contributed by atoms with van der Waals surface area (Å²) in [5.41, 5.74) is 6.58. The molecule has 0 heterocycles. The second-order valence-corrected chi connectivity index (χ2v) is 3.96. The summed E-state index contributed by atoms with van der Waals surface area (Å²) in [6, 6.07) is 3.98.